The van der Waals surface area contributed by atoms with Crippen molar-refractivity contribution in [3.63, 3.8) is 0 Å². The van der Waals surface area contributed by atoms with E-state index in [1.165, 1.54) is 0 Å². The molecule has 2 aliphatic carbocycles. The average molecular weight is 255 g/mol. The first-order valence-corrected chi connectivity index (χ1v) is 6.47. The molecule has 0 aromatic carbocycles. The summed E-state index contributed by atoms with van der Waals surface area (Å²) in [6.45, 7) is 5.44. The molecule has 0 saturated heterocycles. The van der Waals surface area contributed by atoms with Crippen LogP contribution in [-0.2, 0) is 9.53 Å². The molecule has 0 aliphatic heterocycles. The van der Waals surface area contributed by atoms with Gasteiger partial charge in [0.1, 0.15) is 5.60 Å². The number of carboxylic acid groups (broad SMARTS) is 1. The molecule has 2 fully saturated rings. The minimum absolute atomic E-state index is 0.0396. The van der Waals surface area contributed by atoms with Gasteiger partial charge in [-0.05, 0) is 40.0 Å². The number of rotatable bonds is 2. The molecule has 5 heteroatoms. The number of hydrogen-bond donors (Lipinski definition) is 2. The van der Waals surface area contributed by atoms with Gasteiger partial charge in [0.2, 0.25) is 0 Å². The topological polar surface area (TPSA) is 75.6 Å². The van der Waals surface area contributed by atoms with Gasteiger partial charge in [0.25, 0.3) is 0 Å². The standard InChI is InChI=1S/C13H21NO4/c1-12(2,3)18-11(17)14-9-7-8(10(15)16)13(9)5-4-6-13/h8-9H,4-7H2,1-3H3,(H,14,17)(H,15,16)/t8-,9-/m1/s1. The maximum absolute atomic E-state index is 11.7. The first-order chi connectivity index (χ1) is 8.24. The van der Waals surface area contributed by atoms with Crippen molar-refractivity contribution in [2.45, 2.75) is 58.1 Å². The number of amides is 1. The van der Waals surface area contributed by atoms with Crippen molar-refractivity contribution in [2.75, 3.05) is 0 Å². The van der Waals surface area contributed by atoms with Crippen molar-refractivity contribution in [1.29, 1.82) is 0 Å². The fourth-order valence-corrected chi connectivity index (χ4v) is 3.07. The third-order valence-corrected chi connectivity index (χ3v) is 4.13. The number of carbonyl (C=O) groups excluding carboxylic acids is 1. The average Bonchev–Trinajstić information content (AvgIpc) is 2.04. The first-order valence-electron chi connectivity index (χ1n) is 6.47. The molecule has 2 rings (SSSR count). The van der Waals surface area contributed by atoms with E-state index in [9.17, 15) is 9.59 Å². The Bertz CT molecular complexity index is 368. The molecule has 18 heavy (non-hydrogen) atoms. The Kier molecular flexibility index (Phi) is 3.03. The Hall–Kier alpha value is -1.26. The number of ether oxygens (including phenoxy) is 1. The lowest BCUT2D eigenvalue weighted by molar-refractivity contribution is -0.167. The highest BCUT2D eigenvalue weighted by molar-refractivity contribution is 5.75. The van der Waals surface area contributed by atoms with Crippen LogP contribution in [0.1, 0.15) is 46.5 Å². The summed E-state index contributed by atoms with van der Waals surface area (Å²) in [4.78, 5) is 22.8. The second-order valence-electron chi connectivity index (χ2n) is 6.41. The second kappa shape index (κ2) is 4.14. The van der Waals surface area contributed by atoms with Crippen LogP contribution in [-0.4, -0.2) is 28.8 Å². The monoisotopic (exact) mass is 255 g/mol. The molecule has 2 aliphatic rings. The van der Waals surface area contributed by atoms with Gasteiger partial charge in [-0.25, -0.2) is 4.79 Å². The minimum Gasteiger partial charge on any atom is -0.481 e. The van der Waals surface area contributed by atoms with Gasteiger partial charge in [-0.1, -0.05) is 6.42 Å². The second-order valence-corrected chi connectivity index (χ2v) is 6.41. The molecule has 2 saturated carbocycles. The van der Waals surface area contributed by atoms with Crippen LogP contribution in [0.25, 0.3) is 0 Å². The quantitative estimate of drug-likeness (QED) is 0.792. The maximum Gasteiger partial charge on any atom is 0.407 e. The highest BCUT2D eigenvalue weighted by Crippen LogP contribution is 2.59. The van der Waals surface area contributed by atoms with Crippen LogP contribution >= 0.6 is 0 Å². The van der Waals surface area contributed by atoms with E-state index in [1.54, 1.807) is 0 Å². The first kappa shape index (κ1) is 13.2. The summed E-state index contributed by atoms with van der Waals surface area (Å²) in [6.07, 6.45) is 2.92. The number of hydrogen-bond acceptors (Lipinski definition) is 3. The Morgan fingerprint density at radius 3 is 2.33 bits per heavy atom. The van der Waals surface area contributed by atoms with Crippen LogP contribution in [0.2, 0.25) is 0 Å². The normalized spacial score (nSPS) is 29.1. The highest BCUT2D eigenvalue weighted by Gasteiger charge is 2.61. The van der Waals surface area contributed by atoms with E-state index in [4.69, 9.17) is 9.84 Å². The van der Waals surface area contributed by atoms with E-state index in [1.807, 2.05) is 20.8 Å². The lowest BCUT2D eigenvalue weighted by Crippen LogP contribution is -2.66. The van der Waals surface area contributed by atoms with Gasteiger partial charge in [0, 0.05) is 11.5 Å². The summed E-state index contributed by atoms with van der Waals surface area (Å²) >= 11 is 0. The summed E-state index contributed by atoms with van der Waals surface area (Å²) in [7, 11) is 0. The summed E-state index contributed by atoms with van der Waals surface area (Å²) in [5, 5.41) is 12.0. The van der Waals surface area contributed by atoms with Gasteiger partial charge in [-0.2, -0.15) is 0 Å². The number of aliphatic carboxylic acids is 1. The number of alkyl carbamates (subject to hydrolysis) is 1. The van der Waals surface area contributed by atoms with Crippen molar-refractivity contribution in [3.8, 4) is 0 Å². The lowest BCUT2D eigenvalue weighted by atomic mass is 9.47. The van der Waals surface area contributed by atoms with Crippen molar-refractivity contribution >= 4 is 12.1 Å². The Balaban J connectivity index is 1.92. The van der Waals surface area contributed by atoms with Crippen LogP contribution in [0.4, 0.5) is 4.79 Å². The van der Waals surface area contributed by atoms with E-state index in [-0.39, 0.29) is 17.4 Å². The van der Waals surface area contributed by atoms with Crippen molar-refractivity contribution < 1.29 is 19.4 Å². The third-order valence-electron chi connectivity index (χ3n) is 4.13. The van der Waals surface area contributed by atoms with Gasteiger partial charge < -0.3 is 15.2 Å². The lowest BCUT2D eigenvalue weighted by Gasteiger charge is -2.59. The Morgan fingerprint density at radius 2 is 1.94 bits per heavy atom. The van der Waals surface area contributed by atoms with Crippen LogP contribution in [0, 0.1) is 11.3 Å². The van der Waals surface area contributed by atoms with Crippen LogP contribution in [0.3, 0.4) is 0 Å². The fourth-order valence-electron chi connectivity index (χ4n) is 3.07. The summed E-state index contributed by atoms with van der Waals surface area (Å²) in [5.74, 6) is -1.04. The van der Waals surface area contributed by atoms with E-state index < -0.39 is 17.7 Å². The fraction of sp³-hybridized carbons (Fsp3) is 0.846. The molecule has 2 N–H and O–H groups in total. The zero-order valence-electron chi connectivity index (χ0n) is 11.2. The largest absolute Gasteiger partial charge is 0.481 e. The predicted octanol–water partition coefficient (Wildman–Crippen LogP) is 2.15. The molecular formula is C13H21NO4. The molecule has 0 aromatic rings. The van der Waals surface area contributed by atoms with Gasteiger partial charge in [0.05, 0.1) is 5.92 Å². The molecular weight excluding hydrogens is 234 g/mol. The molecule has 2 atom stereocenters. The predicted molar refractivity (Wildman–Crippen MR) is 65.2 cm³/mol. The summed E-state index contributed by atoms with van der Waals surface area (Å²) < 4.78 is 5.20. The molecule has 0 radical (unpaired) electrons. The minimum atomic E-state index is -0.739. The van der Waals surface area contributed by atoms with E-state index in [0.717, 1.165) is 19.3 Å². The molecule has 0 unspecified atom stereocenters. The molecule has 0 aromatic heterocycles. The van der Waals surface area contributed by atoms with Crippen LogP contribution in [0.5, 0.6) is 0 Å². The van der Waals surface area contributed by atoms with E-state index in [0.29, 0.717) is 6.42 Å². The van der Waals surface area contributed by atoms with E-state index in [2.05, 4.69) is 5.32 Å². The zero-order valence-corrected chi connectivity index (χ0v) is 11.2. The number of carboxylic acids is 1. The molecule has 5 nitrogen and oxygen atoms in total. The van der Waals surface area contributed by atoms with Crippen molar-refractivity contribution in [3.05, 3.63) is 0 Å². The molecule has 1 spiro atoms. The summed E-state index contributed by atoms with van der Waals surface area (Å²) in [6, 6.07) is -0.0396. The molecule has 102 valence electrons. The Labute approximate surface area is 107 Å². The Morgan fingerprint density at radius 1 is 1.33 bits per heavy atom. The molecule has 1 amide bonds. The van der Waals surface area contributed by atoms with Gasteiger partial charge in [0.15, 0.2) is 0 Å². The molecule has 0 heterocycles. The maximum atomic E-state index is 11.7. The molecule has 0 bridgehead atoms. The zero-order chi connectivity index (χ0) is 13.6. The van der Waals surface area contributed by atoms with Gasteiger partial charge in [-0.3, -0.25) is 4.79 Å². The SMILES string of the molecule is CC(C)(C)OC(=O)N[C@@H]1C[C@H](C(=O)O)C12CCC2. The number of carbonyl (C=O) groups is 2. The summed E-state index contributed by atoms with van der Waals surface area (Å²) in [5.41, 5.74) is -0.727. The van der Waals surface area contributed by atoms with Gasteiger partial charge >= 0.3 is 12.1 Å². The third kappa shape index (κ3) is 2.18. The van der Waals surface area contributed by atoms with Crippen LogP contribution in [0.15, 0.2) is 0 Å². The highest BCUT2D eigenvalue weighted by atomic mass is 16.6. The smallest absolute Gasteiger partial charge is 0.407 e. The van der Waals surface area contributed by atoms with Crippen LogP contribution < -0.4 is 5.32 Å². The van der Waals surface area contributed by atoms with Crippen molar-refractivity contribution in [2.24, 2.45) is 11.3 Å². The van der Waals surface area contributed by atoms with Crippen molar-refractivity contribution in [1.82, 2.24) is 5.32 Å². The number of nitrogens with one attached hydrogen (secondary N) is 1. The van der Waals surface area contributed by atoms with E-state index >= 15 is 0 Å². The van der Waals surface area contributed by atoms with Gasteiger partial charge in [-0.15, -0.1) is 0 Å².